The molecule has 0 bridgehead atoms. The SMILES string of the molecule is CC(C)N[C@H](CO)C(=O)O. The molecule has 0 aliphatic heterocycles. The van der Waals surface area contributed by atoms with Crippen molar-refractivity contribution >= 4 is 5.97 Å². The Balaban J connectivity index is 3.72. The van der Waals surface area contributed by atoms with Gasteiger partial charge in [-0.2, -0.15) is 0 Å². The van der Waals surface area contributed by atoms with Crippen LogP contribution in [0.2, 0.25) is 0 Å². The van der Waals surface area contributed by atoms with E-state index in [9.17, 15) is 4.79 Å². The molecule has 10 heavy (non-hydrogen) atoms. The Morgan fingerprint density at radius 2 is 2.10 bits per heavy atom. The van der Waals surface area contributed by atoms with E-state index in [1.807, 2.05) is 13.8 Å². The highest BCUT2D eigenvalue weighted by molar-refractivity contribution is 5.73. The highest BCUT2D eigenvalue weighted by atomic mass is 16.4. The van der Waals surface area contributed by atoms with Crippen LogP contribution in [0, 0.1) is 0 Å². The fraction of sp³-hybridized carbons (Fsp3) is 0.833. The summed E-state index contributed by atoms with van der Waals surface area (Å²) >= 11 is 0. The molecule has 0 aliphatic carbocycles. The maximum atomic E-state index is 10.2. The number of aliphatic hydroxyl groups is 1. The van der Waals surface area contributed by atoms with Crippen LogP contribution in [0.5, 0.6) is 0 Å². The number of aliphatic carboxylic acids is 1. The lowest BCUT2D eigenvalue weighted by Gasteiger charge is -2.13. The van der Waals surface area contributed by atoms with Gasteiger partial charge in [0.25, 0.3) is 0 Å². The van der Waals surface area contributed by atoms with Crippen LogP contribution in [0.1, 0.15) is 13.8 Å². The Hall–Kier alpha value is -0.610. The van der Waals surface area contributed by atoms with E-state index >= 15 is 0 Å². The quantitative estimate of drug-likeness (QED) is 0.498. The third-order valence-corrected chi connectivity index (χ3v) is 1.02. The topological polar surface area (TPSA) is 69.6 Å². The van der Waals surface area contributed by atoms with Gasteiger partial charge in [0.1, 0.15) is 6.04 Å². The monoisotopic (exact) mass is 147 g/mol. The Bertz CT molecular complexity index is 114. The number of carboxylic acids is 1. The zero-order valence-electron chi connectivity index (χ0n) is 6.16. The van der Waals surface area contributed by atoms with Crippen LogP contribution in [0.15, 0.2) is 0 Å². The van der Waals surface area contributed by atoms with Crippen LogP contribution < -0.4 is 5.32 Å². The summed E-state index contributed by atoms with van der Waals surface area (Å²) in [6, 6.07) is -0.756. The molecule has 0 amide bonds. The molecule has 4 heteroatoms. The van der Waals surface area contributed by atoms with Crippen LogP contribution in [-0.4, -0.2) is 34.9 Å². The second-order valence-corrected chi connectivity index (χ2v) is 2.39. The Labute approximate surface area is 59.9 Å². The number of carbonyl (C=O) groups is 1. The number of carboxylic acid groups (broad SMARTS) is 1. The highest BCUT2D eigenvalue weighted by Gasteiger charge is 2.15. The van der Waals surface area contributed by atoms with Crippen molar-refractivity contribution < 1.29 is 15.0 Å². The zero-order chi connectivity index (χ0) is 8.15. The van der Waals surface area contributed by atoms with Gasteiger partial charge < -0.3 is 15.5 Å². The molecule has 0 aromatic heterocycles. The van der Waals surface area contributed by atoms with E-state index in [1.165, 1.54) is 0 Å². The van der Waals surface area contributed by atoms with Gasteiger partial charge in [-0.1, -0.05) is 13.8 Å². The molecule has 1 atom stereocenters. The van der Waals surface area contributed by atoms with Gasteiger partial charge in [0.2, 0.25) is 0 Å². The first-order chi connectivity index (χ1) is 4.57. The minimum absolute atomic E-state index is 0.0771. The van der Waals surface area contributed by atoms with Crippen molar-refractivity contribution in [2.75, 3.05) is 6.61 Å². The van der Waals surface area contributed by atoms with Crippen molar-refractivity contribution in [3.05, 3.63) is 0 Å². The maximum Gasteiger partial charge on any atom is 0.323 e. The van der Waals surface area contributed by atoms with E-state index in [4.69, 9.17) is 10.2 Å². The van der Waals surface area contributed by atoms with E-state index in [0.717, 1.165) is 0 Å². The lowest BCUT2D eigenvalue weighted by molar-refractivity contribution is -0.140. The van der Waals surface area contributed by atoms with Crippen molar-refractivity contribution in [2.24, 2.45) is 0 Å². The smallest absolute Gasteiger partial charge is 0.323 e. The molecule has 0 unspecified atom stereocenters. The summed E-state index contributed by atoms with van der Waals surface area (Å²) in [6.07, 6.45) is 0. The van der Waals surface area contributed by atoms with E-state index in [0.29, 0.717) is 0 Å². The van der Waals surface area contributed by atoms with Gasteiger partial charge in [-0.05, 0) is 0 Å². The van der Waals surface area contributed by atoms with Gasteiger partial charge in [-0.15, -0.1) is 0 Å². The zero-order valence-corrected chi connectivity index (χ0v) is 6.16. The van der Waals surface area contributed by atoms with Gasteiger partial charge >= 0.3 is 5.97 Å². The number of rotatable bonds is 4. The van der Waals surface area contributed by atoms with Crippen molar-refractivity contribution in [3.63, 3.8) is 0 Å². The van der Waals surface area contributed by atoms with Crippen LogP contribution in [0.25, 0.3) is 0 Å². The molecular weight excluding hydrogens is 134 g/mol. The molecule has 3 N–H and O–H groups in total. The Morgan fingerprint density at radius 1 is 1.60 bits per heavy atom. The lowest BCUT2D eigenvalue weighted by atomic mass is 10.3. The standard InChI is InChI=1S/C6H13NO3/c1-4(2)7-5(3-8)6(9)10/h4-5,7-8H,3H2,1-2H3,(H,9,10)/t5-/m1/s1. The molecule has 0 heterocycles. The minimum Gasteiger partial charge on any atom is -0.480 e. The maximum absolute atomic E-state index is 10.2. The first-order valence-electron chi connectivity index (χ1n) is 3.17. The molecular formula is C6H13NO3. The van der Waals surface area contributed by atoms with Crippen LogP contribution in [-0.2, 0) is 4.79 Å². The molecule has 0 aromatic carbocycles. The molecule has 0 rings (SSSR count). The van der Waals surface area contributed by atoms with Crippen molar-refractivity contribution in [1.29, 1.82) is 0 Å². The van der Waals surface area contributed by atoms with Crippen molar-refractivity contribution in [1.82, 2.24) is 5.32 Å². The summed E-state index contributed by atoms with van der Waals surface area (Å²) in [5.41, 5.74) is 0. The third-order valence-electron chi connectivity index (χ3n) is 1.02. The Morgan fingerprint density at radius 3 is 2.20 bits per heavy atom. The second-order valence-electron chi connectivity index (χ2n) is 2.39. The van der Waals surface area contributed by atoms with Crippen LogP contribution in [0.4, 0.5) is 0 Å². The summed E-state index contributed by atoms with van der Waals surface area (Å²) in [5.74, 6) is -1.02. The fourth-order valence-electron chi connectivity index (χ4n) is 0.604. The van der Waals surface area contributed by atoms with E-state index in [2.05, 4.69) is 5.32 Å². The number of hydrogen-bond donors (Lipinski definition) is 3. The lowest BCUT2D eigenvalue weighted by Crippen LogP contribution is -2.43. The first-order valence-corrected chi connectivity index (χ1v) is 3.17. The molecule has 0 spiro atoms. The van der Waals surface area contributed by atoms with Crippen LogP contribution in [0.3, 0.4) is 0 Å². The highest BCUT2D eigenvalue weighted by Crippen LogP contribution is 1.85. The van der Waals surface area contributed by atoms with Gasteiger partial charge in [-0.3, -0.25) is 4.79 Å². The molecule has 0 saturated carbocycles. The number of aliphatic hydroxyl groups excluding tert-OH is 1. The molecule has 4 nitrogen and oxygen atoms in total. The van der Waals surface area contributed by atoms with Crippen molar-refractivity contribution in [3.8, 4) is 0 Å². The molecule has 0 saturated heterocycles. The van der Waals surface area contributed by atoms with Gasteiger partial charge in [-0.25, -0.2) is 0 Å². The van der Waals surface area contributed by atoms with E-state index < -0.39 is 12.0 Å². The summed E-state index contributed by atoms with van der Waals surface area (Å²) in [7, 11) is 0. The Kier molecular flexibility index (Phi) is 3.99. The normalized spacial score (nSPS) is 13.6. The predicted molar refractivity (Wildman–Crippen MR) is 36.8 cm³/mol. The van der Waals surface area contributed by atoms with E-state index in [1.54, 1.807) is 0 Å². The minimum atomic E-state index is -1.02. The second kappa shape index (κ2) is 4.24. The number of nitrogens with one attached hydrogen (secondary N) is 1. The summed E-state index contributed by atoms with van der Waals surface area (Å²) in [4.78, 5) is 10.2. The predicted octanol–water partition coefficient (Wildman–Crippen LogP) is -0.570. The summed E-state index contributed by atoms with van der Waals surface area (Å²) < 4.78 is 0. The summed E-state index contributed by atoms with van der Waals surface area (Å²) in [6.45, 7) is 3.28. The van der Waals surface area contributed by atoms with Crippen molar-refractivity contribution in [2.45, 2.75) is 25.9 Å². The molecule has 60 valence electrons. The fourth-order valence-corrected chi connectivity index (χ4v) is 0.604. The molecule has 0 fully saturated rings. The van der Waals surface area contributed by atoms with Gasteiger partial charge in [0, 0.05) is 6.04 Å². The average Bonchev–Trinajstić information content (AvgIpc) is 1.81. The van der Waals surface area contributed by atoms with Gasteiger partial charge in [0.05, 0.1) is 6.61 Å². The first kappa shape index (κ1) is 9.39. The van der Waals surface area contributed by atoms with Gasteiger partial charge in [0.15, 0.2) is 0 Å². The number of hydrogen-bond acceptors (Lipinski definition) is 3. The van der Waals surface area contributed by atoms with E-state index in [-0.39, 0.29) is 12.6 Å². The molecule has 0 radical (unpaired) electrons. The largest absolute Gasteiger partial charge is 0.480 e. The average molecular weight is 147 g/mol. The van der Waals surface area contributed by atoms with Crippen LogP contribution >= 0.6 is 0 Å². The molecule has 0 aromatic rings. The molecule has 0 aliphatic rings. The summed E-state index contributed by atoms with van der Waals surface area (Å²) in [5, 5.41) is 19.6. The third kappa shape index (κ3) is 3.42.